The summed E-state index contributed by atoms with van der Waals surface area (Å²) in [6.45, 7) is 0. The van der Waals surface area contributed by atoms with E-state index >= 15 is 0 Å². The fraction of sp³-hybridized carbons (Fsp3) is 0.208. The SMILES string of the molecule is O=C(c1ccccc1)c1c2ccc(c1OS(=O)(=O)C(F)(F)F)CCc1ccc(cc1)CC2. The van der Waals surface area contributed by atoms with Gasteiger partial charge in [-0.15, -0.1) is 0 Å². The first kappa shape index (κ1) is 22.1. The van der Waals surface area contributed by atoms with Crippen molar-refractivity contribution in [2.75, 3.05) is 0 Å². The molecule has 32 heavy (non-hydrogen) atoms. The smallest absolute Gasteiger partial charge is 0.375 e. The standard InChI is InChI=1S/C24H19F3O4S/c25-24(26,27)32(29,30)31-23-20-13-11-17-8-6-16(7-9-17)10-12-18(14-15-20)21(23)22(28)19-4-2-1-3-5-19/h1-9,14-15H,10-13H2. The molecular weight excluding hydrogens is 441 g/mol. The first-order chi connectivity index (χ1) is 15.2. The predicted molar refractivity (Wildman–Crippen MR) is 113 cm³/mol. The van der Waals surface area contributed by atoms with Crippen LogP contribution < -0.4 is 4.18 Å². The van der Waals surface area contributed by atoms with Crippen LogP contribution in [-0.2, 0) is 35.8 Å². The van der Waals surface area contributed by atoms with Crippen molar-refractivity contribution >= 4 is 15.9 Å². The Morgan fingerprint density at radius 2 is 1.28 bits per heavy atom. The Labute approximate surface area is 183 Å². The number of ketones is 1. The Morgan fingerprint density at radius 1 is 0.750 bits per heavy atom. The molecule has 0 saturated heterocycles. The van der Waals surface area contributed by atoms with Gasteiger partial charge in [-0.3, -0.25) is 4.79 Å². The molecular formula is C24H19F3O4S. The molecule has 4 nitrogen and oxygen atoms in total. The first-order valence-corrected chi connectivity index (χ1v) is 11.4. The summed E-state index contributed by atoms with van der Waals surface area (Å²) < 4.78 is 68.0. The quantitative estimate of drug-likeness (QED) is 0.311. The molecule has 3 aromatic rings. The monoisotopic (exact) mass is 460 g/mol. The van der Waals surface area contributed by atoms with Crippen LogP contribution in [0.15, 0.2) is 66.7 Å². The highest BCUT2D eigenvalue weighted by atomic mass is 32.2. The largest absolute Gasteiger partial charge is 0.534 e. The zero-order valence-electron chi connectivity index (χ0n) is 16.9. The minimum atomic E-state index is -5.96. The summed E-state index contributed by atoms with van der Waals surface area (Å²) >= 11 is 0. The van der Waals surface area contributed by atoms with Gasteiger partial charge in [0.1, 0.15) is 0 Å². The summed E-state index contributed by atoms with van der Waals surface area (Å²) in [7, 11) is -5.96. The van der Waals surface area contributed by atoms with E-state index in [0.717, 1.165) is 11.1 Å². The van der Waals surface area contributed by atoms with Crippen LogP contribution in [0.3, 0.4) is 0 Å². The van der Waals surface area contributed by atoms with Gasteiger partial charge < -0.3 is 4.18 Å². The molecule has 166 valence electrons. The number of halogens is 3. The molecule has 4 aliphatic carbocycles. The third-order valence-electron chi connectivity index (χ3n) is 5.45. The van der Waals surface area contributed by atoms with Crippen LogP contribution in [-0.4, -0.2) is 19.7 Å². The molecule has 3 aromatic carbocycles. The zero-order chi connectivity index (χ0) is 22.9. The van der Waals surface area contributed by atoms with Crippen molar-refractivity contribution in [2.24, 2.45) is 0 Å². The molecule has 0 unspecified atom stereocenters. The Hall–Kier alpha value is -3.13. The maximum atomic E-state index is 13.4. The van der Waals surface area contributed by atoms with E-state index in [4.69, 9.17) is 0 Å². The Kier molecular flexibility index (Phi) is 5.81. The topological polar surface area (TPSA) is 60.4 Å². The van der Waals surface area contributed by atoms with Crippen molar-refractivity contribution in [2.45, 2.75) is 31.2 Å². The van der Waals surface area contributed by atoms with Gasteiger partial charge in [0, 0.05) is 5.56 Å². The maximum absolute atomic E-state index is 13.4. The van der Waals surface area contributed by atoms with Crippen LogP contribution in [0.1, 0.15) is 38.2 Å². The van der Waals surface area contributed by atoms with E-state index in [2.05, 4.69) is 4.18 Å². The summed E-state index contributed by atoms with van der Waals surface area (Å²) in [6, 6.07) is 19.1. The van der Waals surface area contributed by atoms with Crippen LogP contribution in [0.4, 0.5) is 13.2 Å². The number of rotatable bonds is 4. The van der Waals surface area contributed by atoms with Crippen molar-refractivity contribution in [3.63, 3.8) is 0 Å². The molecule has 7 rings (SSSR count). The summed E-state index contributed by atoms with van der Waals surface area (Å²) in [6.07, 6.45) is 1.51. The third-order valence-corrected chi connectivity index (χ3v) is 6.41. The number of carbonyl (C=O) groups excluding carboxylic acids is 1. The van der Waals surface area contributed by atoms with Gasteiger partial charge in [-0.05, 0) is 47.9 Å². The van der Waals surface area contributed by atoms with Crippen LogP contribution in [0.25, 0.3) is 0 Å². The lowest BCUT2D eigenvalue weighted by Gasteiger charge is -2.20. The Morgan fingerprint density at radius 3 is 1.84 bits per heavy atom. The fourth-order valence-corrected chi connectivity index (χ4v) is 4.24. The van der Waals surface area contributed by atoms with Gasteiger partial charge in [0.25, 0.3) is 0 Å². The number of hydrogen-bond donors (Lipinski definition) is 0. The van der Waals surface area contributed by atoms with Crippen molar-refractivity contribution in [3.05, 3.63) is 100 Å². The summed E-state index contributed by atoms with van der Waals surface area (Å²) in [5, 5.41) is 0. The van der Waals surface area contributed by atoms with Gasteiger partial charge >= 0.3 is 15.6 Å². The van der Waals surface area contributed by atoms with Gasteiger partial charge in [-0.25, -0.2) is 0 Å². The van der Waals surface area contributed by atoms with E-state index < -0.39 is 27.2 Å². The van der Waals surface area contributed by atoms with E-state index in [-0.39, 0.29) is 23.1 Å². The van der Waals surface area contributed by atoms with Gasteiger partial charge in [-0.1, -0.05) is 66.7 Å². The van der Waals surface area contributed by atoms with Crippen LogP contribution in [0.2, 0.25) is 0 Å². The summed E-state index contributed by atoms with van der Waals surface area (Å²) in [4.78, 5) is 13.4. The molecule has 8 heteroatoms. The number of alkyl halides is 3. The molecule has 4 aliphatic rings. The molecule has 0 fully saturated rings. The van der Waals surface area contributed by atoms with Crippen LogP contribution >= 0.6 is 0 Å². The van der Waals surface area contributed by atoms with E-state index in [0.29, 0.717) is 24.8 Å². The molecule has 0 saturated carbocycles. The molecule has 0 N–H and O–H groups in total. The summed E-state index contributed by atoms with van der Waals surface area (Å²) in [5.74, 6) is -1.12. The molecule has 0 aromatic heterocycles. The minimum Gasteiger partial charge on any atom is -0.375 e. The molecule has 4 bridgehead atoms. The lowest BCUT2D eigenvalue weighted by molar-refractivity contribution is -0.0500. The summed E-state index contributed by atoms with van der Waals surface area (Å²) in [5.41, 5.74) is -2.92. The second-order valence-electron chi connectivity index (χ2n) is 7.58. The predicted octanol–water partition coefficient (Wildman–Crippen LogP) is 5.03. The van der Waals surface area contributed by atoms with E-state index in [1.807, 2.05) is 24.3 Å². The van der Waals surface area contributed by atoms with Crippen molar-refractivity contribution < 1.29 is 30.6 Å². The molecule has 0 spiro atoms. The maximum Gasteiger partial charge on any atom is 0.534 e. The second-order valence-corrected chi connectivity index (χ2v) is 9.12. The van der Waals surface area contributed by atoms with Crippen LogP contribution in [0.5, 0.6) is 5.75 Å². The Balaban J connectivity index is 1.91. The molecule has 0 amide bonds. The zero-order valence-corrected chi connectivity index (χ0v) is 17.7. The Bertz CT molecular complexity index is 1250. The average Bonchev–Trinajstić information content (AvgIpc) is 2.75. The molecule has 0 aliphatic heterocycles. The minimum absolute atomic E-state index is 0.142. The van der Waals surface area contributed by atoms with Gasteiger partial charge in [0.05, 0.1) is 5.56 Å². The second kappa shape index (κ2) is 8.43. The van der Waals surface area contributed by atoms with E-state index in [1.165, 1.54) is 12.1 Å². The van der Waals surface area contributed by atoms with Crippen LogP contribution in [0, 0.1) is 0 Å². The lowest BCUT2D eigenvalue weighted by Crippen LogP contribution is -2.29. The highest BCUT2D eigenvalue weighted by Gasteiger charge is 2.49. The van der Waals surface area contributed by atoms with E-state index in [9.17, 15) is 26.4 Å². The first-order valence-electron chi connectivity index (χ1n) is 9.99. The molecule has 0 atom stereocenters. The fourth-order valence-electron chi connectivity index (χ4n) is 3.74. The highest BCUT2D eigenvalue weighted by molar-refractivity contribution is 7.88. The number of benzene rings is 3. The molecule has 0 heterocycles. The average molecular weight is 460 g/mol. The third kappa shape index (κ3) is 4.41. The van der Waals surface area contributed by atoms with Gasteiger partial charge in [0.15, 0.2) is 11.5 Å². The normalized spacial score (nSPS) is 14.0. The lowest BCUT2D eigenvalue weighted by atomic mass is 9.89. The highest BCUT2D eigenvalue weighted by Crippen LogP contribution is 2.36. The molecule has 0 radical (unpaired) electrons. The van der Waals surface area contributed by atoms with Gasteiger partial charge in [0.2, 0.25) is 0 Å². The number of carbonyl (C=O) groups is 1. The van der Waals surface area contributed by atoms with E-state index in [1.54, 1.807) is 30.3 Å². The van der Waals surface area contributed by atoms with Crippen molar-refractivity contribution in [1.29, 1.82) is 0 Å². The number of aryl methyl sites for hydroxylation is 4. The van der Waals surface area contributed by atoms with Crippen molar-refractivity contribution in [3.8, 4) is 5.75 Å². The van der Waals surface area contributed by atoms with Gasteiger partial charge in [-0.2, -0.15) is 21.6 Å². The number of hydrogen-bond acceptors (Lipinski definition) is 4. The van der Waals surface area contributed by atoms with Crippen molar-refractivity contribution in [1.82, 2.24) is 0 Å².